The van der Waals surface area contributed by atoms with E-state index in [1.54, 1.807) is 4.90 Å². The molecule has 0 radical (unpaired) electrons. The summed E-state index contributed by atoms with van der Waals surface area (Å²) in [5.41, 5.74) is 1.02. The van der Waals surface area contributed by atoms with Crippen LogP contribution in [0.25, 0.3) is 10.9 Å². The summed E-state index contributed by atoms with van der Waals surface area (Å²) in [5.74, 6) is 0.216. The molecule has 2 saturated heterocycles. The lowest BCUT2D eigenvalue weighted by atomic mass is 10.00. The number of amides is 1. The molecule has 4 rings (SSSR count). The van der Waals surface area contributed by atoms with Gasteiger partial charge in [0.1, 0.15) is 6.54 Å². The number of sulfone groups is 1. The normalized spacial score (nSPS) is 28.0. The van der Waals surface area contributed by atoms with E-state index in [9.17, 15) is 13.2 Å². The van der Waals surface area contributed by atoms with Crippen LogP contribution in [0.3, 0.4) is 0 Å². The molecule has 0 spiro atoms. The van der Waals surface area contributed by atoms with E-state index in [0.29, 0.717) is 13.1 Å². The van der Waals surface area contributed by atoms with Crippen LogP contribution >= 0.6 is 0 Å². The Kier molecular flexibility index (Phi) is 3.88. The molecule has 6 nitrogen and oxygen atoms in total. The Balaban J connectivity index is 1.53. The molecule has 2 aliphatic heterocycles. The maximum atomic E-state index is 12.8. The monoisotopic (exact) mass is 361 g/mol. The molecule has 3 atom stereocenters. The Bertz CT molecular complexity index is 919. The first-order valence-electron chi connectivity index (χ1n) is 8.56. The Labute approximate surface area is 147 Å². The minimum Gasteiger partial charge on any atom is -0.339 e. The maximum absolute atomic E-state index is 12.8. The molecule has 2 aliphatic rings. The molecule has 3 heterocycles. The van der Waals surface area contributed by atoms with Crippen molar-refractivity contribution in [2.24, 2.45) is 5.92 Å². The number of nitrogens with zero attached hydrogens (tertiary/aromatic N) is 3. The molecule has 2 fully saturated rings. The Hall–Kier alpha value is -1.86. The number of hydrogen-bond donors (Lipinski definition) is 0. The van der Waals surface area contributed by atoms with Gasteiger partial charge in [-0.05, 0) is 31.6 Å². The molecule has 25 heavy (non-hydrogen) atoms. The van der Waals surface area contributed by atoms with E-state index in [4.69, 9.17) is 0 Å². The standard InChI is InChI=1S/C18H23N3O3S/c1-19(2)16-12-25(23,24)17-10-21(9-14(16)17)18(22)11-20-8-7-13-5-3-4-6-15(13)20/h3-8,14,16-17H,9-12H2,1-2H3/t14-,16+,17-/m0/s1. The fourth-order valence-corrected chi connectivity index (χ4v) is 6.77. The number of carbonyl (C=O) groups excluding carboxylic acids is 1. The minimum atomic E-state index is -3.12. The first-order chi connectivity index (χ1) is 11.9. The van der Waals surface area contributed by atoms with Gasteiger partial charge in [-0.3, -0.25) is 4.79 Å². The zero-order chi connectivity index (χ0) is 17.8. The van der Waals surface area contributed by atoms with Gasteiger partial charge in [-0.15, -0.1) is 0 Å². The predicted molar refractivity (Wildman–Crippen MR) is 97.1 cm³/mol. The van der Waals surface area contributed by atoms with Crippen LogP contribution in [0.5, 0.6) is 0 Å². The summed E-state index contributed by atoms with van der Waals surface area (Å²) in [4.78, 5) is 16.5. The summed E-state index contributed by atoms with van der Waals surface area (Å²) in [7, 11) is 0.708. The number of hydrogen-bond acceptors (Lipinski definition) is 4. The van der Waals surface area contributed by atoms with Crippen molar-refractivity contribution < 1.29 is 13.2 Å². The highest BCUT2D eigenvalue weighted by molar-refractivity contribution is 7.92. The SMILES string of the molecule is CN(C)[C@@H]1CS(=O)(=O)[C@H]2CN(C(=O)Cn3ccc4ccccc43)C[C@@H]12. The Morgan fingerprint density at radius 1 is 1.20 bits per heavy atom. The largest absolute Gasteiger partial charge is 0.339 e. The lowest BCUT2D eigenvalue weighted by Gasteiger charge is -2.25. The van der Waals surface area contributed by atoms with Gasteiger partial charge in [0.2, 0.25) is 5.91 Å². The number of rotatable bonds is 3. The molecular weight excluding hydrogens is 338 g/mol. The maximum Gasteiger partial charge on any atom is 0.242 e. The molecular formula is C18H23N3O3S. The zero-order valence-corrected chi connectivity index (χ0v) is 15.3. The molecule has 0 N–H and O–H groups in total. The molecule has 0 aliphatic carbocycles. The zero-order valence-electron chi connectivity index (χ0n) is 14.5. The highest BCUT2D eigenvalue weighted by Gasteiger charge is 2.53. The Morgan fingerprint density at radius 3 is 2.72 bits per heavy atom. The third kappa shape index (κ3) is 2.75. The number of carbonyl (C=O) groups is 1. The summed E-state index contributed by atoms with van der Waals surface area (Å²) < 4.78 is 26.8. The fourth-order valence-electron chi connectivity index (χ4n) is 4.29. The predicted octanol–water partition coefficient (Wildman–Crippen LogP) is 0.827. The number of para-hydroxylation sites is 1. The van der Waals surface area contributed by atoms with Crippen LogP contribution in [0, 0.1) is 5.92 Å². The van der Waals surface area contributed by atoms with E-state index in [1.165, 1.54) is 0 Å². The lowest BCUT2D eigenvalue weighted by molar-refractivity contribution is -0.130. The molecule has 1 amide bonds. The van der Waals surface area contributed by atoms with Crippen LogP contribution < -0.4 is 0 Å². The minimum absolute atomic E-state index is 0.000193. The smallest absolute Gasteiger partial charge is 0.242 e. The van der Waals surface area contributed by atoms with Gasteiger partial charge >= 0.3 is 0 Å². The summed E-state index contributed by atoms with van der Waals surface area (Å²) in [6.45, 7) is 1.11. The van der Waals surface area contributed by atoms with Gasteiger partial charge < -0.3 is 14.4 Å². The number of aromatic nitrogens is 1. The van der Waals surface area contributed by atoms with Crippen molar-refractivity contribution in [1.82, 2.24) is 14.4 Å². The molecule has 0 bridgehead atoms. The summed E-state index contributed by atoms with van der Waals surface area (Å²) >= 11 is 0. The van der Waals surface area contributed by atoms with Crippen LogP contribution in [0.4, 0.5) is 0 Å². The van der Waals surface area contributed by atoms with Crippen molar-refractivity contribution in [3.63, 3.8) is 0 Å². The quantitative estimate of drug-likeness (QED) is 0.812. The molecule has 134 valence electrons. The summed E-state index contributed by atoms with van der Waals surface area (Å²) in [6, 6.07) is 9.94. The van der Waals surface area contributed by atoms with Gasteiger partial charge in [-0.2, -0.15) is 0 Å². The number of benzene rings is 1. The van der Waals surface area contributed by atoms with Gasteiger partial charge in [-0.25, -0.2) is 8.42 Å². The van der Waals surface area contributed by atoms with E-state index in [2.05, 4.69) is 0 Å². The molecule has 1 aromatic carbocycles. The van der Waals surface area contributed by atoms with E-state index < -0.39 is 15.1 Å². The van der Waals surface area contributed by atoms with Crippen LogP contribution in [-0.2, 0) is 21.2 Å². The van der Waals surface area contributed by atoms with Gasteiger partial charge in [0.05, 0.1) is 11.0 Å². The average molecular weight is 361 g/mol. The van der Waals surface area contributed by atoms with Crippen molar-refractivity contribution >= 4 is 26.6 Å². The van der Waals surface area contributed by atoms with Crippen molar-refractivity contribution in [3.8, 4) is 0 Å². The van der Waals surface area contributed by atoms with Crippen molar-refractivity contribution in [3.05, 3.63) is 36.5 Å². The van der Waals surface area contributed by atoms with Crippen LogP contribution in [-0.4, -0.2) is 72.9 Å². The Morgan fingerprint density at radius 2 is 1.96 bits per heavy atom. The second kappa shape index (κ2) is 5.85. The molecule has 0 unspecified atom stereocenters. The van der Waals surface area contributed by atoms with E-state index in [0.717, 1.165) is 10.9 Å². The summed E-state index contributed by atoms with van der Waals surface area (Å²) in [6.07, 6.45) is 1.92. The third-order valence-electron chi connectivity index (χ3n) is 5.67. The first kappa shape index (κ1) is 16.6. The van der Waals surface area contributed by atoms with Crippen molar-refractivity contribution in [2.75, 3.05) is 32.9 Å². The van der Waals surface area contributed by atoms with Gasteiger partial charge in [-0.1, -0.05) is 18.2 Å². The van der Waals surface area contributed by atoms with Crippen molar-refractivity contribution in [1.29, 1.82) is 0 Å². The number of fused-ring (bicyclic) bond motifs is 2. The number of likely N-dealkylation sites (tertiary alicyclic amines) is 1. The van der Waals surface area contributed by atoms with Gasteiger partial charge in [0, 0.05) is 36.8 Å². The summed E-state index contributed by atoms with van der Waals surface area (Å²) in [5, 5.41) is 0.689. The first-order valence-corrected chi connectivity index (χ1v) is 10.3. The second-order valence-corrected chi connectivity index (χ2v) is 9.63. The van der Waals surface area contributed by atoms with Gasteiger partial charge in [0.15, 0.2) is 9.84 Å². The van der Waals surface area contributed by atoms with Gasteiger partial charge in [0.25, 0.3) is 0 Å². The second-order valence-electron chi connectivity index (χ2n) is 7.36. The highest BCUT2D eigenvalue weighted by Crippen LogP contribution is 2.36. The van der Waals surface area contributed by atoms with E-state index in [1.807, 2.05) is 60.1 Å². The van der Waals surface area contributed by atoms with Crippen LogP contribution in [0.15, 0.2) is 36.5 Å². The van der Waals surface area contributed by atoms with E-state index in [-0.39, 0.29) is 30.2 Å². The fraction of sp³-hybridized carbons (Fsp3) is 0.500. The highest BCUT2D eigenvalue weighted by atomic mass is 32.2. The molecule has 1 aromatic heterocycles. The molecule has 0 saturated carbocycles. The topological polar surface area (TPSA) is 62.6 Å². The molecule has 7 heteroatoms. The van der Waals surface area contributed by atoms with Crippen molar-refractivity contribution in [2.45, 2.75) is 17.8 Å². The average Bonchev–Trinajstić information content (AvgIpc) is 3.23. The van der Waals surface area contributed by atoms with Crippen LogP contribution in [0.2, 0.25) is 0 Å². The molecule has 2 aromatic rings. The van der Waals surface area contributed by atoms with E-state index >= 15 is 0 Å². The van der Waals surface area contributed by atoms with Crippen LogP contribution in [0.1, 0.15) is 0 Å². The lowest BCUT2D eigenvalue weighted by Crippen LogP contribution is -2.39. The third-order valence-corrected chi connectivity index (χ3v) is 7.90.